The smallest absolute Gasteiger partial charge is 0.246 e. The molecule has 1 heterocycles. The lowest BCUT2D eigenvalue weighted by atomic mass is 9.99. The average molecular weight is 274 g/mol. The summed E-state index contributed by atoms with van der Waals surface area (Å²) >= 11 is 0. The van der Waals surface area contributed by atoms with Gasteiger partial charge >= 0.3 is 0 Å². The van der Waals surface area contributed by atoms with Gasteiger partial charge in [-0.05, 0) is 37.3 Å². The lowest BCUT2D eigenvalue weighted by Gasteiger charge is -2.13. The van der Waals surface area contributed by atoms with Gasteiger partial charge in [0.1, 0.15) is 0 Å². The van der Waals surface area contributed by atoms with Gasteiger partial charge in [-0.3, -0.25) is 4.79 Å². The predicted octanol–water partition coefficient (Wildman–Crippen LogP) is 1.64. The van der Waals surface area contributed by atoms with Gasteiger partial charge < -0.3 is 15.7 Å². The van der Waals surface area contributed by atoms with E-state index in [0.717, 1.165) is 29.7 Å². The molecule has 3 N–H and O–H groups in total. The van der Waals surface area contributed by atoms with E-state index >= 15 is 0 Å². The van der Waals surface area contributed by atoms with Crippen molar-refractivity contribution in [1.29, 1.82) is 0 Å². The van der Waals surface area contributed by atoms with Crippen LogP contribution in [0.2, 0.25) is 0 Å². The van der Waals surface area contributed by atoms with Crippen LogP contribution in [0.3, 0.4) is 0 Å². The molecule has 1 saturated heterocycles. The van der Waals surface area contributed by atoms with Crippen molar-refractivity contribution in [3.8, 4) is 0 Å². The molecular formula is C16H22N2O2. The number of nitrogens with zero attached hydrogens (tertiary/aromatic N) is 1. The molecule has 1 aliphatic heterocycles. The number of allylic oxidation sites excluding steroid dienone is 6. The van der Waals surface area contributed by atoms with E-state index in [4.69, 9.17) is 5.73 Å². The fraction of sp³-hybridized carbons (Fsp3) is 0.438. The quantitative estimate of drug-likeness (QED) is 0.607. The molecule has 20 heavy (non-hydrogen) atoms. The maximum atomic E-state index is 11.9. The lowest BCUT2D eigenvalue weighted by Crippen LogP contribution is -2.27. The number of β-amino-alcohol motifs (C(OH)–C–C–N with tert-alkyl or cyclic N) is 1. The van der Waals surface area contributed by atoms with Crippen LogP contribution in [0.5, 0.6) is 0 Å². The van der Waals surface area contributed by atoms with Crippen molar-refractivity contribution in [3.63, 3.8) is 0 Å². The van der Waals surface area contributed by atoms with E-state index < -0.39 is 0 Å². The first kappa shape index (κ1) is 14.6. The molecule has 4 heteroatoms. The van der Waals surface area contributed by atoms with Crippen LogP contribution in [0.15, 0.2) is 47.2 Å². The molecule has 0 radical (unpaired) electrons. The van der Waals surface area contributed by atoms with Crippen molar-refractivity contribution < 1.29 is 9.90 Å². The van der Waals surface area contributed by atoms with Crippen molar-refractivity contribution >= 4 is 5.91 Å². The van der Waals surface area contributed by atoms with Crippen molar-refractivity contribution in [3.05, 3.63) is 47.2 Å². The Morgan fingerprint density at radius 1 is 1.50 bits per heavy atom. The molecule has 0 bridgehead atoms. The van der Waals surface area contributed by atoms with E-state index in [-0.39, 0.29) is 12.0 Å². The number of carbonyl (C=O) groups excluding carboxylic acids is 1. The molecule has 1 unspecified atom stereocenters. The molecule has 1 amide bonds. The van der Waals surface area contributed by atoms with Crippen LogP contribution in [-0.2, 0) is 4.79 Å². The predicted molar refractivity (Wildman–Crippen MR) is 79.7 cm³/mol. The van der Waals surface area contributed by atoms with Crippen LogP contribution in [0.4, 0.5) is 0 Å². The first-order valence-corrected chi connectivity index (χ1v) is 7.05. The molecule has 1 fully saturated rings. The zero-order chi connectivity index (χ0) is 14.5. The molecular weight excluding hydrogens is 252 g/mol. The Bertz CT molecular complexity index is 501. The highest BCUT2D eigenvalue weighted by atomic mass is 16.3. The van der Waals surface area contributed by atoms with Crippen LogP contribution in [-0.4, -0.2) is 35.1 Å². The second-order valence-corrected chi connectivity index (χ2v) is 5.32. The van der Waals surface area contributed by atoms with Gasteiger partial charge in [-0.1, -0.05) is 24.3 Å². The fourth-order valence-electron chi connectivity index (χ4n) is 2.41. The third-order valence-electron chi connectivity index (χ3n) is 3.74. The zero-order valence-electron chi connectivity index (χ0n) is 11.9. The van der Waals surface area contributed by atoms with Gasteiger partial charge in [0.2, 0.25) is 5.91 Å². The highest BCUT2D eigenvalue weighted by Crippen LogP contribution is 2.20. The second kappa shape index (κ2) is 6.57. The summed E-state index contributed by atoms with van der Waals surface area (Å²) in [5.74, 6) is -0.0637. The van der Waals surface area contributed by atoms with E-state index in [1.165, 1.54) is 0 Å². The number of rotatable bonds is 3. The molecule has 0 aromatic heterocycles. The Hall–Kier alpha value is -1.81. The summed E-state index contributed by atoms with van der Waals surface area (Å²) in [4.78, 5) is 13.6. The topological polar surface area (TPSA) is 66.6 Å². The fourth-order valence-corrected chi connectivity index (χ4v) is 2.41. The number of aliphatic hydroxyl groups is 1. The van der Waals surface area contributed by atoms with Gasteiger partial charge in [0.05, 0.1) is 6.10 Å². The van der Waals surface area contributed by atoms with E-state index in [0.29, 0.717) is 19.5 Å². The van der Waals surface area contributed by atoms with Crippen molar-refractivity contribution in [1.82, 2.24) is 4.90 Å². The number of amides is 1. The Labute approximate surface area is 119 Å². The number of carbonyl (C=O) groups is 1. The third-order valence-corrected chi connectivity index (χ3v) is 3.74. The second-order valence-electron chi connectivity index (χ2n) is 5.32. The minimum atomic E-state index is -0.381. The van der Waals surface area contributed by atoms with Crippen molar-refractivity contribution in [2.24, 2.45) is 5.73 Å². The van der Waals surface area contributed by atoms with Gasteiger partial charge in [0.15, 0.2) is 0 Å². The highest BCUT2D eigenvalue weighted by molar-refractivity contribution is 5.88. The van der Waals surface area contributed by atoms with Crippen LogP contribution < -0.4 is 5.73 Å². The van der Waals surface area contributed by atoms with Crippen molar-refractivity contribution in [2.75, 3.05) is 13.1 Å². The molecule has 4 nitrogen and oxygen atoms in total. The number of aliphatic hydroxyl groups excluding tert-OH is 1. The summed E-state index contributed by atoms with van der Waals surface area (Å²) in [5, 5.41) is 9.42. The first-order chi connectivity index (χ1) is 9.58. The van der Waals surface area contributed by atoms with Crippen LogP contribution in [0, 0.1) is 0 Å². The number of likely N-dealkylation sites (tertiary alicyclic amines) is 1. The maximum absolute atomic E-state index is 11.9. The Kier molecular flexibility index (Phi) is 4.79. The molecule has 2 aliphatic rings. The number of nitrogens with two attached hydrogens (primary N) is 1. The van der Waals surface area contributed by atoms with Gasteiger partial charge in [-0.15, -0.1) is 0 Å². The summed E-state index contributed by atoms with van der Waals surface area (Å²) in [5.41, 5.74) is 8.89. The molecule has 0 spiro atoms. The maximum Gasteiger partial charge on any atom is 0.246 e. The van der Waals surface area contributed by atoms with Crippen molar-refractivity contribution in [2.45, 2.75) is 32.3 Å². The summed E-state index contributed by atoms with van der Waals surface area (Å²) in [6.07, 6.45) is 11.7. The zero-order valence-corrected chi connectivity index (χ0v) is 11.9. The minimum absolute atomic E-state index is 0.0637. The van der Waals surface area contributed by atoms with Gasteiger partial charge in [-0.2, -0.15) is 0 Å². The molecule has 0 saturated carbocycles. The third kappa shape index (κ3) is 3.61. The van der Waals surface area contributed by atoms with E-state index in [9.17, 15) is 9.90 Å². The van der Waals surface area contributed by atoms with Crippen LogP contribution in [0.25, 0.3) is 0 Å². The van der Waals surface area contributed by atoms with Gasteiger partial charge in [0.25, 0.3) is 0 Å². The number of hydrogen-bond acceptors (Lipinski definition) is 3. The lowest BCUT2D eigenvalue weighted by molar-refractivity contribution is -0.125. The number of hydrogen-bond donors (Lipinski definition) is 2. The Morgan fingerprint density at radius 3 is 2.90 bits per heavy atom. The average Bonchev–Trinajstić information content (AvgIpc) is 2.91. The first-order valence-electron chi connectivity index (χ1n) is 7.05. The van der Waals surface area contributed by atoms with E-state index in [2.05, 4.69) is 6.08 Å². The normalized spacial score (nSPS) is 24.0. The summed E-state index contributed by atoms with van der Waals surface area (Å²) in [7, 11) is 0. The molecule has 0 aromatic rings. The molecule has 1 atom stereocenters. The SMILES string of the molecule is CC(/C=C/C(=O)N1CCC(O)C1)=C(\N)C1=CC=CCC1. The summed E-state index contributed by atoms with van der Waals surface area (Å²) in [6.45, 7) is 2.97. The van der Waals surface area contributed by atoms with E-state index in [1.807, 2.05) is 19.1 Å². The van der Waals surface area contributed by atoms with Crippen LogP contribution >= 0.6 is 0 Å². The summed E-state index contributed by atoms with van der Waals surface area (Å²) < 4.78 is 0. The highest BCUT2D eigenvalue weighted by Gasteiger charge is 2.22. The van der Waals surface area contributed by atoms with Crippen LogP contribution in [0.1, 0.15) is 26.2 Å². The Balaban J connectivity index is 2.00. The van der Waals surface area contributed by atoms with Gasteiger partial charge in [0, 0.05) is 24.9 Å². The molecule has 0 aromatic carbocycles. The largest absolute Gasteiger partial charge is 0.398 e. The standard InChI is InChI=1S/C16H22N2O2/c1-12(16(17)13-5-3-2-4-6-13)7-8-15(20)18-10-9-14(19)11-18/h2-3,5,7-8,14,19H,4,6,9-11,17H2,1H3/b8-7+,16-12+. The molecule has 108 valence electrons. The Morgan fingerprint density at radius 2 is 2.30 bits per heavy atom. The minimum Gasteiger partial charge on any atom is -0.398 e. The van der Waals surface area contributed by atoms with E-state index in [1.54, 1.807) is 17.1 Å². The summed E-state index contributed by atoms with van der Waals surface area (Å²) in [6, 6.07) is 0. The molecule has 2 rings (SSSR count). The molecule has 1 aliphatic carbocycles. The monoisotopic (exact) mass is 274 g/mol. The van der Waals surface area contributed by atoms with Gasteiger partial charge in [-0.25, -0.2) is 0 Å².